The van der Waals surface area contributed by atoms with E-state index >= 15 is 0 Å². The van der Waals surface area contributed by atoms with Crippen LogP contribution in [0.25, 0.3) is 0 Å². The van der Waals surface area contributed by atoms with Crippen molar-refractivity contribution >= 4 is 35.0 Å². The number of carbonyl (C=O) groups is 4. The van der Waals surface area contributed by atoms with E-state index in [1.54, 1.807) is 53.4 Å². The maximum Gasteiger partial charge on any atom is 0.258 e. The summed E-state index contributed by atoms with van der Waals surface area (Å²) >= 11 is 0. The van der Waals surface area contributed by atoms with Gasteiger partial charge in [-0.15, -0.1) is 0 Å². The minimum absolute atomic E-state index is 0.0645. The Labute approximate surface area is 198 Å². The van der Waals surface area contributed by atoms with Gasteiger partial charge in [0.05, 0.1) is 22.5 Å². The van der Waals surface area contributed by atoms with Gasteiger partial charge in [0.15, 0.2) is 0 Å². The van der Waals surface area contributed by atoms with Crippen LogP contribution in [0, 0.1) is 0 Å². The van der Waals surface area contributed by atoms with Gasteiger partial charge in [-0.2, -0.15) is 0 Å². The van der Waals surface area contributed by atoms with Crippen molar-refractivity contribution in [2.24, 2.45) is 0 Å². The van der Waals surface area contributed by atoms with Gasteiger partial charge in [0, 0.05) is 19.5 Å². The number of nitrogens with zero attached hydrogens (tertiary/aromatic N) is 3. The monoisotopic (exact) mass is 460 g/mol. The molecular formula is C26H28N4O4. The second kappa shape index (κ2) is 8.59. The van der Waals surface area contributed by atoms with Crippen LogP contribution < -0.4 is 10.2 Å². The molecule has 176 valence electrons. The number of benzene rings is 2. The third-order valence-corrected chi connectivity index (χ3v) is 7.12. The lowest BCUT2D eigenvalue weighted by molar-refractivity contribution is -0.120. The number of amides is 4. The Morgan fingerprint density at radius 3 is 2.47 bits per heavy atom. The van der Waals surface area contributed by atoms with E-state index < -0.39 is 11.6 Å². The molecule has 0 aromatic heterocycles. The zero-order valence-corrected chi connectivity index (χ0v) is 19.3. The molecule has 0 bridgehead atoms. The normalized spacial score (nSPS) is 21.9. The van der Waals surface area contributed by atoms with Gasteiger partial charge in [-0.05, 0) is 56.9 Å². The number of carbonyl (C=O) groups excluding carboxylic acids is 4. The molecule has 3 heterocycles. The molecule has 0 saturated carbocycles. The van der Waals surface area contributed by atoms with Crippen LogP contribution in [-0.4, -0.2) is 58.7 Å². The van der Waals surface area contributed by atoms with Gasteiger partial charge in [0.1, 0.15) is 12.2 Å². The van der Waals surface area contributed by atoms with E-state index in [1.165, 1.54) is 4.90 Å². The summed E-state index contributed by atoms with van der Waals surface area (Å²) in [5, 5.41) is 2.85. The Morgan fingerprint density at radius 1 is 0.971 bits per heavy atom. The Balaban J connectivity index is 1.39. The molecule has 2 saturated heterocycles. The molecule has 1 unspecified atom stereocenters. The average Bonchev–Trinajstić information content (AvgIpc) is 3.17. The quantitative estimate of drug-likeness (QED) is 0.759. The van der Waals surface area contributed by atoms with E-state index in [0.29, 0.717) is 48.4 Å². The van der Waals surface area contributed by atoms with Gasteiger partial charge in [-0.1, -0.05) is 24.3 Å². The standard InChI is InChI=1S/C26H28N4O4/c1-26-14-13-23(32)30(26)21-12-6-4-10-19(21)25(34)29(26)17-22(31)27-20-11-5-3-9-18(20)24(33)28-15-7-2-8-16-28/h3-6,9-12H,2,7-8,13-17H2,1H3,(H,27,31). The highest BCUT2D eigenvalue weighted by Gasteiger charge is 2.53. The van der Waals surface area contributed by atoms with Gasteiger partial charge in [0.2, 0.25) is 11.8 Å². The summed E-state index contributed by atoms with van der Waals surface area (Å²) in [5.74, 6) is -0.854. The topological polar surface area (TPSA) is 90.0 Å². The molecule has 3 aliphatic rings. The molecule has 2 aromatic carbocycles. The van der Waals surface area contributed by atoms with Crippen molar-refractivity contribution in [1.82, 2.24) is 9.80 Å². The van der Waals surface area contributed by atoms with Crippen LogP contribution in [0.2, 0.25) is 0 Å². The molecule has 0 radical (unpaired) electrons. The summed E-state index contributed by atoms with van der Waals surface area (Å²) in [4.78, 5) is 57.3. The number of nitrogens with one attached hydrogen (secondary N) is 1. The number of rotatable bonds is 4. The summed E-state index contributed by atoms with van der Waals surface area (Å²) in [6.45, 7) is 3.03. The maximum absolute atomic E-state index is 13.4. The van der Waals surface area contributed by atoms with E-state index in [2.05, 4.69) is 5.32 Å². The first-order valence-electron chi connectivity index (χ1n) is 11.8. The summed E-state index contributed by atoms with van der Waals surface area (Å²) in [5.41, 5.74) is 0.952. The first-order chi connectivity index (χ1) is 16.4. The summed E-state index contributed by atoms with van der Waals surface area (Å²) < 4.78 is 0. The molecule has 2 fully saturated rings. The second-order valence-electron chi connectivity index (χ2n) is 9.30. The third kappa shape index (κ3) is 3.63. The third-order valence-electron chi connectivity index (χ3n) is 7.12. The van der Waals surface area contributed by atoms with Gasteiger partial charge in [-0.25, -0.2) is 0 Å². The van der Waals surface area contributed by atoms with Gasteiger partial charge in [-0.3, -0.25) is 24.1 Å². The van der Waals surface area contributed by atoms with Crippen LogP contribution in [0.5, 0.6) is 0 Å². The van der Waals surface area contributed by atoms with E-state index in [0.717, 1.165) is 19.3 Å². The van der Waals surface area contributed by atoms with E-state index in [1.807, 2.05) is 11.8 Å². The number of piperidine rings is 1. The molecule has 1 N–H and O–H groups in total. The lowest BCUT2D eigenvalue weighted by Crippen LogP contribution is -2.63. The van der Waals surface area contributed by atoms with Crippen LogP contribution in [0.15, 0.2) is 48.5 Å². The molecule has 8 nitrogen and oxygen atoms in total. The first kappa shape index (κ1) is 22.1. The largest absolute Gasteiger partial charge is 0.339 e. The number of hydrogen-bond donors (Lipinski definition) is 1. The number of hydrogen-bond acceptors (Lipinski definition) is 4. The van der Waals surface area contributed by atoms with Crippen LogP contribution in [0.1, 0.15) is 59.7 Å². The van der Waals surface area contributed by atoms with Crippen molar-refractivity contribution in [1.29, 1.82) is 0 Å². The highest BCUT2D eigenvalue weighted by molar-refractivity contribution is 6.12. The van der Waals surface area contributed by atoms with Crippen molar-refractivity contribution in [3.8, 4) is 0 Å². The molecule has 0 spiro atoms. The fourth-order valence-electron chi connectivity index (χ4n) is 5.32. The number of likely N-dealkylation sites (tertiary alicyclic amines) is 1. The smallest absolute Gasteiger partial charge is 0.258 e. The maximum atomic E-state index is 13.4. The fraction of sp³-hybridized carbons (Fsp3) is 0.385. The predicted molar refractivity (Wildman–Crippen MR) is 127 cm³/mol. The number of fused-ring (bicyclic) bond motifs is 3. The lowest BCUT2D eigenvalue weighted by Gasteiger charge is -2.48. The minimum Gasteiger partial charge on any atom is -0.339 e. The molecule has 4 amide bonds. The molecule has 0 aliphatic carbocycles. The lowest BCUT2D eigenvalue weighted by atomic mass is 9.98. The first-order valence-corrected chi connectivity index (χ1v) is 11.8. The highest BCUT2D eigenvalue weighted by atomic mass is 16.2. The SMILES string of the molecule is CC12CCC(=O)N1c1ccccc1C(=O)N2CC(=O)Nc1ccccc1C(=O)N1CCCCC1. The highest BCUT2D eigenvalue weighted by Crippen LogP contribution is 2.43. The van der Waals surface area contributed by atoms with Crippen LogP contribution in [0.4, 0.5) is 11.4 Å². The van der Waals surface area contributed by atoms with Gasteiger partial charge < -0.3 is 15.1 Å². The Hall–Kier alpha value is -3.68. The van der Waals surface area contributed by atoms with Gasteiger partial charge >= 0.3 is 0 Å². The molecule has 3 aliphatic heterocycles. The van der Waals surface area contributed by atoms with Gasteiger partial charge in [0.25, 0.3) is 11.8 Å². The van der Waals surface area contributed by atoms with E-state index in [9.17, 15) is 19.2 Å². The Kier molecular flexibility index (Phi) is 5.59. The predicted octanol–water partition coefficient (Wildman–Crippen LogP) is 3.25. The Bertz CT molecular complexity index is 1170. The van der Waals surface area contributed by atoms with Crippen molar-refractivity contribution in [3.63, 3.8) is 0 Å². The summed E-state index contributed by atoms with van der Waals surface area (Å²) in [6, 6.07) is 14.0. The number of anilines is 2. The molecule has 1 atom stereocenters. The van der Waals surface area contributed by atoms with Crippen molar-refractivity contribution in [2.45, 2.75) is 44.7 Å². The molecule has 2 aromatic rings. The zero-order chi connectivity index (χ0) is 23.9. The molecular weight excluding hydrogens is 432 g/mol. The van der Waals surface area contributed by atoms with E-state index in [-0.39, 0.29) is 24.3 Å². The number of para-hydroxylation sites is 2. The average molecular weight is 461 g/mol. The van der Waals surface area contributed by atoms with Crippen LogP contribution in [0.3, 0.4) is 0 Å². The summed E-state index contributed by atoms with van der Waals surface area (Å²) in [7, 11) is 0. The van der Waals surface area contributed by atoms with Crippen LogP contribution >= 0.6 is 0 Å². The molecule has 5 rings (SSSR count). The van der Waals surface area contributed by atoms with Crippen LogP contribution in [-0.2, 0) is 9.59 Å². The Morgan fingerprint density at radius 2 is 1.68 bits per heavy atom. The van der Waals surface area contributed by atoms with Crippen molar-refractivity contribution in [3.05, 3.63) is 59.7 Å². The van der Waals surface area contributed by atoms with Crippen molar-refractivity contribution in [2.75, 3.05) is 29.9 Å². The second-order valence-corrected chi connectivity index (χ2v) is 9.30. The van der Waals surface area contributed by atoms with Crippen molar-refractivity contribution < 1.29 is 19.2 Å². The van der Waals surface area contributed by atoms with E-state index in [4.69, 9.17) is 0 Å². The molecule has 8 heteroatoms. The summed E-state index contributed by atoms with van der Waals surface area (Å²) in [6.07, 6.45) is 3.83. The fourth-order valence-corrected chi connectivity index (χ4v) is 5.32. The zero-order valence-electron chi connectivity index (χ0n) is 19.3. The molecule has 34 heavy (non-hydrogen) atoms. The minimum atomic E-state index is -0.914.